The number of nitrogens with one attached hydrogen (secondary N) is 2. The molecule has 0 saturated heterocycles. The second-order valence-electron chi connectivity index (χ2n) is 9.91. The molecule has 1 aliphatic carbocycles. The smallest absolute Gasteiger partial charge is 0.341 e. The molecule has 11 heteroatoms. The number of carbonyl (C=O) groups excluding carboxylic acids is 3. The van der Waals surface area contributed by atoms with Crippen LogP contribution in [0.5, 0.6) is 17.2 Å². The van der Waals surface area contributed by atoms with Crippen LogP contribution in [0.2, 0.25) is 0 Å². The fraction of sp³-hybridized carbons (Fsp3) is 0.355. The first-order valence-electron chi connectivity index (χ1n) is 13.9. The highest BCUT2D eigenvalue weighted by atomic mass is 32.1. The molecule has 0 bridgehead atoms. The van der Waals surface area contributed by atoms with Crippen LogP contribution in [0.25, 0.3) is 0 Å². The summed E-state index contributed by atoms with van der Waals surface area (Å²) in [6.45, 7) is 7.99. The van der Waals surface area contributed by atoms with E-state index in [1.54, 1.807) is 50.2 Å². The Kier molecular flexibility index (Phi) is 10.2. The molecule has 0 saturated carbocycles. The molecule has 3 aromatic rings. The van der Waals surface area contributed by atoms with Gasteiger partial charge in [-0.2, -0.15) is 5.10 Å². The number of rotatable bonds is 11. The van der Waals surface area contributed by atoms with Gasteiger partial charge in [0, 0.05) is 10.4 Å². The maximum absolute atomic E-state index is 13.1. The number of thiophene rings is 1. The number of anilines is 1. The minimum atomic E-state index is -0.868. The van der Waals surface area contributed by atoms with Crippen molar-refractivity contribution in [2.75, 3.05) is 18.5 Å². The number of aromatic hydroxyl groups is 1. The summed E-state index contributed by atoms with van der Waals surface area (Å²) in [6, 6.07) is 11.1. The number of carbonyl (C=O) groups is 3. The maximum atomic E-state index is 13.1. The first kappa shape index (κ1) is 30.6. The van der Waals surface area contributed by atoms with Crippen molar-refractivity contribution in [3.8, 4) is 17.2 Å². The van der Waals surface area contributed by atoms with Crippen LogP contribution >= 0.6 is 11.3 Å². The zero-order valence-electron chi connectivity index (χ0n) is 24.1. The van der Waals surface area contributed by atoms with Gasteiger partial charge in [-0.25, -0.2) is 10.2 Å². The standard InChI is InChI=1S/C31H35N3O7S/c1-5-39-25-16-20(8-14-24(25)35)17-32-34-28(36)19(4)41-22-11-9-21(10-12-22)29(37)33-30-27(31(38)40-6-2)23-13-7-18(3)15-26(23)42-30/h8-12,14,16-19,35H,5-7,13,15H2,1-4H3,(H,33,37)(H,34,36). The largest absolute Gasteiger partial charge is 0.504 e. The number of nitrogens with zero attached hydrogens (tertiary/aromatic N) is 1. The summed E-state index contributed by atoms with van der Waals surface area (Å²) in [4.78, 5) is 39.4. The van der Waals surface area contributed by atoms with Gasteiger partial charge in [0.15, 0.2) is 17.6 Å². The second kappa shape index (κ2) is 14.0. The highest BCUT2D eigenvalue weighted by molar-refractivity contribution is 7.17. The number of phenolic OH excluding ortho intramolecular Hbond substituents is 1. The Hall–Kier alpha value is -4.38. The van der Waals surface area contributed by atoms with Gasteiger partial charge in [0.25, 0.3) is 11.8 Å². The monoisotopic (exact) mass is 593 g/mol. The van der Waals surface area contributed by atoms with Gasteiger partial charge in [0.2, 0.25) is 0 Å². The lowest BCUT2D eigenvalue weighted by Crippen LogP contribution is -2.33. The Morgan fingerprint density at radius 3 is 2.62 bits per heavy atom. The number of hydrogen-bond acceptors (Lipinski definition) is 9. The lowest BCUT2D eigenvalue weighted by atomic mass is 9.88. The predicted molar refractivity (Wildman–Crippen MR) is 161 cm³/mol. The molecule has 0 fully saturated rings. The van der Waals surface area contributed by atoms with Crippen LogP contribution in [-0.2, 0) is 22.4 Å². The van der Waals surface area contributed by atoms with Crippen molar-refractivity contribution in [3.05, 3.63) is 69.6 Å². The van der Waals surface area contributed by atoms with Crippen molar-refractivity contribution in [3.63, 3.8) is 0 Å². The topological polar surface area (TPSA) is 136 Å². The molecule has 1 aromatic heterocycles. The van der Waals surface area contributed by atoms with Gasteiger partial charge in [-0.1, -0.05) is 6.92 Å². The number of benzene rings is 2. The summed E-state index contributed by atoms with van der Waals surface area (Å²) in [5.41, 5.74) is 4.86. The van der Waals surface area contributed by atoms with E-state index in [-0.39, 0.29) is 18.3 Å². The molecular formula is C31H35N3O7S. The molecule has 2 aromatic carbocycles. The number of amides is 2. The van der Waals surface area contributed by atoms with Crippen LogP contribution in [-0.4, -0.2) is 48.4 Å². The Labute approximate surface area is 248 Å². The van der Waals surface area contributed by atoms with Gasteiger partial charge < -0.3 is 24.6 Å². The molecule has 2 atom stereocenters. The van der Waals surface area contributed by atoms with Crippen molar-refractivity contribution in [2.45, 2.75) is 53.1 Å². The average Bonchev–Trinajstić information content (AvgIpc) is 3.32. The van der Waals surface area contributed by atoms with E-state index in [1.165, 1.54) is 23.6 Å². The van der Waals surface area contributed by atoms with Crippen LogP contribution in [0.15, 0.2) is 47.6 Å². The second-order valence-corrected chi connectivity index (χ2v) is 11.0. The Morgan fingerprint density at radius 2 is 1.90 bits per heavy atom. The molecule has 1 heterocycles. The molecule has 1 aliphatic rings. The van der Waals surface area contributed by atoms with Crippen LogP contribution in [0.1, 0.15) is 70.8 Å². The van der Waals surface area contributed by atoms with E-state index < -0.39 is 18.0 Å². The normalized spacial score (nSPS) is 15.0. The van der Waals surface area contributed by atoms with Gasteiger partial charge >= 0.3 is 5.97 Å². The maximum Gasteiger partial charge on any atom is 0.341 e. The summed E-state index contributed by atoms with van der Waals surface area (Å²) in [5, 5.41) is 17.2. The summed E-state index contributed by atoms with van der Waals surface area (Å²) in [7, 11) is 0. The van der Waals surface area contributed by atoms with Gasteiger partial charge in [0.1, 0.15) is 10.8 Å². The fourth-order valence-electron chi connectivity index (χ4n) is 4.52. The zero-order valence-corrected chi connectivity index (χ0v) is 24.9. The van der Waals surface area contributed by atoms with E-state index >= 15 is 0 Å². The number of hydrazone groups is 1. The van der Waals surface area contributed by atoms with Crippen molar-refractivity contribution >= 4 is 40.3 Å². The van der Waals surface area contributed by atoms with Crippen LogP contribution < -0.4 is 20.2 Å². The highest BCUT2D eigenvalue weighted by Gasteiger charge is 2.29. The van der Waals surface area contributed by atoms with Crippen molar-refractivity contribution in [1.82, 2.24) is 5.43 Å². The van der Waals surface area contributed by atoms with E-state index in [0.29, 0.717) is 45.7 Å². The van der Waals surface area contributed by atoms with Crippen LogP contribution in [0.4, 0.5) is 5.00 Å². The molecule has 2 amide bonds. The SMILES string of the molecule is CCOC(=O)c1c(NC(=O)c2ccc(OC(C)C(=O)NN=Cc3ccc(O)c(OCC)c3)cc2)sc2c1CCC(C)C2. The third-order valence-electron chi connectivity index (χ3n) is 6.69. The molecule has 0 spiro atoms. The van der Waals surface area contributed by atoms with Gasteiger partial charge in [0.05, 0.1) is 25.0 Å². The molecule has 10 nitrogen and oxygen atoms in total. The number of ether oxygens (including phenoxy) is 3. The Bertz CT molecular complexity index is 1470. The summed E-state index contributed by atoms with van der Waals surface area (Å²) in [6.07, 6.45) is 3.20. The first-order chi connectivity index (χ1) is 20.2. The van der Waals surface area contributed by atoms with Crippen LogP contribution in [0.3, 0.4) is 0 Å². The predicted octanol–water partition coefficient (Wildman–Crippen LogP) is 5.32. The van der Waals surface area contributed by atoms with E-state index in [2.05, 4.69) is 22.8 Å². The fourth-order valence-corrected chi connectivity index (χ4v) is 5.91. The van der Waals surface area contributed by atoms with Crippen LogP contribution in [0, 0.1) is 5.92 Å². The number of phenols is 1. The van der Waals surface area contributed by atoms with Crippen molar-refractivity contribution in [1.29, 1.82) is 0 Å². The molecule has 2 unspecified atom stereocenters. The minimum absolute atomic E-state index is 0.0184. The molecule has 42 heavy (non-hydrogen) atoms. The highest BCUT2D eigenvalue weighted by Crippen LogP contribution is 2.40. The lowest BCUT2D eigenvalue weighted by molar-refractivity contribution is -0.127. The average molecular weight is 594 g/mol. The molecule has 3 N–H and O–H groups in total. The number of hydrogen-bond donors (Lipinski definition) is 3. The van der Waals surface area contributed by atoms with Crippen molar-refractivity contribution < 1.29 is 33.7 Å². The molecule has 4 rings (SSSR count). The molecule has 222 valence electrons. The summed E-state index contributed by atoms with van der Waals surface area (Å²) >= 11 is 1.44. The van der Waals surface area contributed by atoms with Gasteiger partial charge in [-0.15, -0.1) is 11.3 Å². The lowest BCUT2D eigenvalue weighted by Gasteiger charge is -2.18. The Morgan fingerprint density at radius 1 is 1.14 bits per heavy atom. The zero-order chi connectivity index (χ0) is 30.2. The van der Waals surface area contributed by atoms with E-state index in [0.717, 1.165) is 29.7 Å². The summed E-state index contributed by atoms with van der Waals surface area (Å²) < 4.78 is 16.3. The van der Waals surface area contributed by atoms with E-state index in [4.69, 9.17) is 14.2 Å². The third kappa shape index (κ3) is 7.47. The van der Waals surface area contributed by atoms with E-state index in [9.17, 15) is 19.5 Å². The van der Waals surface area contributed by atoms with Gasteiger partial charge in [-0.3, -0.25) is 9.59 Å². The van der Waals surface area contributed by atoms with E-state index in [1.807, 2.05) is 6.92 Å². The minimum Gasteiger partial charge on any atom is -0.504 e. The Balaban J connectivity index is 1.36. The molecular weight excluding hydrogens is 558 g/mol. The van der Waals surface area contributed by atoms with Crippen molar-refractivity contribution in [2.24, 2.45) is 11.0 Å². The summed E-state index contributed by atoms with van der Waals surface area (Å²) in [5.74, 6) is 0.00565. The quantitative estimate of drug-likeness (QED) is 0.155. The number of fused-ring (bicyclic) bond motifs is 1. The number of esters is 1. The molecule has 0 aliphatic heterocycles. The first-order valence-corrected chi connectivity index (χ1v) is 14.7. The third-order valence-corrected chi connectivity index (χ3v) is 7.86. The molecule has 0 radical (unpaired) electrons. The van der Waals surface area contributed by atoms with Gasteiger partial charge in [-0.05, 0) is 99.5 Å².